The van der Waals surface area contributed by atoms with E-state index in [0.717, 1.165) is 16.7 Å². The van der Waals surface area contributed by atoms with E-state index in [4.69, 9.17) is 4.42 Å². The molecule has 3 aromatic rings. The fourth-order valence-corrected chi connectivity index (χ4v) is 3.58. The topological polar surface area (TPSA) is 65.8 Å². The number of carbonyl (C=O) groups is 2. The Balaban J connectivity index is 1.76. The summed E-state index contributed by atoms with van der Waals surface area (Å²) in [7, 11) is 0. The number of anilines is 1. The summed E-state index contributed by atoms with van der Waals surface area (Å²) in [6, 6.07) is 15.0. The number of benzene rings is 2. The number of nitrogens with one attached hydrogen (secondary N) is 1. The van der Waals surface area contributed by atoms with Gasteiger partial charge in [0.1, 0.15) is 18.1 Å². The standard InChI is InChI=1S/C27H32FN3O3/c1-19(2)15-31(27(33)29-24-12-7-20(3)21(4)14-24)18-26(32)30(17-25-6-5-13-34-25)16-22-8-10-23(28)11-9-22/h5-14,19H,15-18H2,1-4H3,(H,29,33). The lowest BCUT2D eigenvalue weighted by Crippen LogP contribution is -2.45. The van der Waals surface area contributed by atoms with E-state index in [1.54, 1.807) is 35.4 Å². The van der Waals surface area contributed by atoms with E-state index in [9.17, 15) is 14.0 Å². The summed E-state index contributed by atoms with van der Waals surface area (Å²) in [5.41, 5.74) is 3.69. The molecule has 0 saturated carbocycles. The van der Waals surface area contributed by atoms with Crippen LogP contribution in [0.4, 0.5) is 14.9 Å². The fraction of sp³-hybridized carbons (Fsp3) is 0.333. The molecule has 0 atom stereocenters. The van der Waals surface area contributed by atoms with Gasteiger partial charge in [-0.05, 0) is 72.9 Å². The minimum atomic E-state index is -0.334. The number of carbonyl (C=O) groups excluding carboxylic acids is 2. The van der Waals surface area contributed by atoms with E-state index >= 15 is 0 Å². The van der Waals surface area contributed by atoms with Gasteiger partial charge in [0.15, 0.2) is 0 Å². The van der Waals surface area contributed by atoms with Gasteiger partial charge in [0.25, 0.3) is 0 Å². The van der Waals surface area contributed by atoms with Crippen molar-refractivity contribution in [2.45, 2.75) is 40.8 Å². The zero-order chi connectivity index (χ0) is 24.7. The second-order valence-electron chi connectivity index (χ2n) is 8.96. The average molecular weight is 466 g/mol. The van der Waals surface area contributed by atoms with Crippen LogP contribution in [0, 0.1) is 25.6 Å². The summed E-state index contributed by atoms with van der Waals surface area (Å²) in [6.07, 6.45) is 1.55. The Morgan fingerprint density at radius 2 is 1.71 bits per heavy atom. The number of nitrogens with zero attached hydrogens (tertiary/aromatic N) is 2. The van der Waals surface area contributed by atoms with Crippen LogP contribution < -0.4 is 5.32 Å². The van der Waals surface area contributed by atoms with Crippen LogP contribution in [0.25, 0.3) is 0 Å². The maximum atomic E-state index is 13.4. The molecule has 0 unspecified atom stereocenters. The molecule has 34 heavy (non-hydrogen) atoms. The highest BCUT2D eigenvalue weighted by atomic mass is 19.1. The van der Waals surface area contributed by atoms with Crippen molar-refractivity contribution in [1.29, 1.82) is 0 Å². The van der Waals surface area contributed by atoms with Crippen LogP contribution in [-0.4, -0.2) is 34.8 Å². The van der Waals surface area contributed by atoms with Gasteiger partial charge in [0.2, 0.25) is 5.91 Å². The summed E-state index contributed by atoms with van der Waals surface area (Å²) >= 11 is 0. The summed E-state index contributed by atoms with van der Waals surface area (Å²) < 4.78 is 18.8. The molecule has 1 heterocycles. The molecule has 2 aromatic carbocycles. The molecule has 1 aromatic heterocycles. The summed E-state index contributed by atoms with van der Waals surface area (Å²) in [5.74, 6) is 0.245. The van der Waals surface area contributed by atoms with E-state index in [2.05, 4.69) is 5.32 Å². The summed E-state index contributed by atoms with van der Waals surface area (Å²) in [4.78, 5) is 29.6. The molecule has 0 spiro atoms. The molecular formula is C27H32FN3O3. The Morgan fingerprint density at radius 3 is 2.32 bits per heavy atom. The molecule has 0 aliphatic heterocycles. The third-order valence-corrected chi connectivity index (χ3v) is 5.52. The minimum absolute atomic E-state index is 0.0865. The van der Waals surface area contributed by atoms with Gasteiger partial charge >= 0.3 is 6.03 Å². The molecular weight excluding hydrogens is 433 g/mol. The van der Waals surface area contributed by atoms with Gasteiger partial charge in [0, 0.05) is 18.8 Å². The molecule has 0 radical (unpaired) electrons. The Kier molecular flexibility index (Phi) is 8.46. The third kappa shape index (κ3) is 7.20. The number of rotatable bonds is 9. The van der Waals surface area contributed by atoms with Crippen molar-refractivity contribution < 1.29 is 18.4 Å². The van der Waals surface area contributed by atoms with E-state index in [0.29, 0.717) is 18.0 Å². The number of amides is 3. The lowest BCUT2D eigenvalue weighted by atomic mass is 10.1. The lowest BCUT2D eigenvalue weighted by Gasteiger charge is -2.28. The quantitative estimate of drug-likeness (QED) is 0.437. The highest BCUT2D eigenvalue weighted by Crippen LogP contribution is 2.16. The molecule has 7 heteroatoms. The summed E-state index contributed by atoms with van der Waals surface area (Å²) in [5, 5.41) is 2.92. The molecule has 0 aliphatic rings. The maximum Gasteiger partial charge on any atom is 0.322 e. The minimum Gasteiger partial charge on any atom is -0.467 e. The SMILES string of the molecule is Cc1ccc(NC(=O)N(CC(=O)N(Cc2ccc(F)cc2)Cc2ccco2)CC(C)C)cc1C. The Labute approximate surface area is 200 Å². The number of hydrogen-bond donors (Lipinski definition) is 1. The Morgan fingerprint density at radius 1 is 0.971 bits per heavy atom. The van der Waals surface area contributed by atoms with Gasteiger partial charge in [-0.25, -0.2) is 9.18 Å². The zero-order valence-electron chi connectivity index (χ0n) is 20.2. The Hall–Kier alpha value is -3.61. The van der Waals surface area contributed by atoms with Crippen molar-refractivity contribution in [3.63, 3.8) is 0 Å². The van der Waals surface area contributed by atoms with Crippen LogP contribution in [0.1, 0.15) is 36.3 Å². The molecule has 3 amide bonds. The fourth-order valence-electron chi connectivity index (χ4n) is 3.58. The normalized spacial score (nSPS) is 10.9. The van der Waals surface area contributed by atoms with Crippen LogP contribution in [-0.2, 0) is 17.9 Å². The second kappa shape index (κ2) is 11.5. The van der Waals surface area contributed by atoms with E-state index in [1.807, 2.05) is 45.9 Å². The number of urea groups is 1. The highest BCUT2D eigenvalue weighted by Gasteiger charge is 2.23. The van der Waals surface area contributed by atoms with Crippen LogP contribution >= 0.6 is 0 Å². The Bertz CT molecular complexity index is 1090. The van der Waals surface area contributed by atoms with Crippen molar-refractivity contribution in [1.82, 2.24) is 9.80 Å². The smallest absolute Gasteiger partial charge is 0.322 e. The molecule has 180 valence electrons. The first-order valence-corrected chi connectivity index (χ1v) is 11.4. The van der Waals surface area contributed by atoms with Crippen molar-refractivity contribution in [3.8, 4) is 0 Å². The predicted molar refractivity (Wildman–Crippen MR) is 131 cm³/mol. The van der Waals surface area contributed by atoms with Gasteiger partial charge in [-0.2, -0.15) is 0 Å². The molecule has 0 bridgehead atoms. The monoisotopic (exact) mass is 465 g/mol. The van der Waals surface area contributed by atoms with Crippen LogP contribution in [0.2, 0.25) is 0 Å². The van der Waals surface area contributed by atoms with Crippen LogP contribution in [0.15, 0.2) is 65.3 Å². The molecule has 0 aliphatic carbocycles. The molecule has 6 nitrogen and oxygen atoms in total. The first-order chi connectivity index (χ1) is 16.2. The average Bonchev–Trinajstić information content (AvgIpc) is 3.29. The van der Waals surface area contributed by atoms with Crippen LogP contribution in [0.5, 0.6) is 0 Å². The maximum absolute atomic E-state index is 13.4. The first kappa shape index (κ1) is 25.0. The van der Waals surface area contributed by atoms with E-state index in [1.165, 1.54) is 17.0 Å². The molecule has 1 N–H and O–H groups in total. The van der Waals surface area contributed by atoms with Crippen molar-refractivity contribution in [2.24, 2.45) is 5.92 Å². The predicted octanol–water partition coefficient (Wildman–Crippen LogP) is 5.75. The summed E-state index contributed by atoms with van der Waals surface area (Å²) in [6.45, 7) is 8.86. The van der Waals surface area contributed by atoms with E-state index in [-0.39, 0.29) is 43.3 Å². The van der Waals surface area contributed by atoms with Crippen LogP contribution in [0.3, 0.4) is 0 Å². The number of hydrogen-bond acceptors (Lipinski definition) is 3. The number of halogens is 1. The highest BCUT2D eigenvalue weighted by molar-refractivity contribution is 5.92. The largest absolute Gasteiger partial charge is 0.467 e. The molecule has 3 rings (SSSR count). The van der Waals surface area contributed by atoms with E-state index < -0.39 is 0 Å². The van der Waals surface area contributed by atoms with Gasteiger partial charge < -0.3 is 19.5 Å². The first-order valence-electron chi connectivity index (χ1n) is 11.4. The van der Waals surface area contributed by atoms with Gasteiger partial charge in [-0.3, -0.25) is 4.79 Å². The second-order valence-corrected chi connectivity index (χ2v) is 8.96. The number of furan rings is 1. The molecule has 0 fully saturated rings. The third-order valence-electron chi connectivity index (χ3n) is 5.52. The lowest BCUT2D eigenvalue weighted by molar-refractivity contribution is -0.133. The van der Waals surface area contributed by atoms with Gasteiger partial charge in [-0.15, -0.1) is 0 Å². The van der Waals surface area contributed by atoms with Crippen molar-refractivity contribution >= 4 is 17.6 Å². The zero-order valence-corrected chi connectivity index (χ0v) is 20.2. The van der Waals surface area contributed by atoms with Crippen molar-refractivity contribution in [2.75, 3.05) is 18.4 Å². The van der Waals surface area contributed by atoms with Gasteiger partial charge in [0.05, 0.1) is 12.8 Å². The number of aryl methyl sites for hydroxylation is 2. The van der Waals surface area contributed by atoms with Gasteiger partial charge in [-0.1, -0.05) is 32.0 Å². The molecule has 0 saturated heterocycles. The van der Waals surface area contributed by atoms with Crippen molar-refractivity contribution in [3.05, 3.63) is 89.1 Å².